The lowest BCUT2D eigenvalue weighted by Gasteiger charge is -2.24. The summed E-state index contributed by atoms with van der Waals surface area (Å²) >= 11 is 0. The molecule has 6 nitrogen and oxygen atoms in total. The molecule has 1 aromatic heterocycles. The number of hydrogen-bond donors (Lipinski definition) is 2. The summed E-state index contributed by atoms with van der Waals surface area (Å²) in [6.07, 6.45) is 8.75. The summed E-state index contributed by atoms with van der Waals surface area (Å²) in [4.78, 5) is 11.8. The van der Waals surface area contributed by atoms with Gasteiger partial charge in [-0.05, 0) is 45.6 Å². The molecule has 0 aromatic carbocycles. The van der Waals surface area contributed by atoms with Crippen LogP contribution in [0.1, 0.15) is 58.4 Å². The second-order valence-corrected chi connectivity index (χ2v) is 7.93. The van der Waals surface area contributed by atoms with Gasteiger partial charge in [0.2, 0.25) is 5.88 Å². The van der Waals surface area contributed by atoms with Gasteiger partial charge in [-0.25, -0.2) is 9.98 Å². The second kappa shape index (κ2) is 11.8. The molecule has 0 bridgehead atoms. The van der Waals surface area contributed by atoms with E-state index in [4.69, 9.17) is 9.73 Å². The molecule has 2 fully saturated rings. The smallest absolute Gasteiger partial charge is 0.213 e. The highest BCUT2D eigenvalue weighted by atomic mass is 127. The van der Waals surface area contributed by atoms with Crippen LogP contribution in [0.25, 0.3) is 0 Å². The number of aromatic nitrogens is 1. The molecule has 1 atom stereocenters. The zero-order valence-corrected chi connectivity index (χ0v) is 19.8. The van der Waals surface area contributed by atoms with Crippen LogP contribution in [0.2, 0.25) is 0 Å². The molecule has 0 spiro atoms. The van der Waals surface area contributed by atoms with Crippen LogP contribution < -0.4 is 15.4 Å². The van der Waals surface area contributed by atoms with Crippen molar-refractivity contribution in [3.05, 3.63) is 23.9 Å². The van der Waals surface area contributed by atoms with E-state index < -0.39 is 0 Å². The number of nitrogens with one attached hydrogen (secondary N) is 2. The van der Waals surface area contributed by atoms with Crippen LogP contribution in [0.4, 0.5) is 0 Å². The number of likely N-dealkylation sites (tertiary alicyclic amines) is 1. The molecule has 0 amide bonds. The van der Waals surface area contributed by atoms with E-state index in [9.17, 15) is 0 Å². The summed E-state index contributed by atoms with van der Waals surface area (Å²) in [6.45, 7) is 9.95. The topological polar surface area (TPSA) is 61.8 Å². The van der Waals surface area contributed by atoms with E-state index in [-0.39, 0.29) is 30.1 Å². The maximum atomic E-state index is 5.60. The number of guanidine groups is 1. The molecule has 1 saturated carbocycles. The van der Waals surface area contributed by atoms with Gasteiger partial charge in [0.1, 0.15) is 0 Å². The van der Waals surface area contributed by atoms with Gasteiger partial charge in [0, 0.05) is 44.0 Å². The minimum atomic E-state index is 0. The van der Waals surface area contributed by atoms with Gasteiger partial charge in [0.15, 0.2) is 5.96 Å². The lowest BCUT2D eigenvalue weighted by atomic mass is 10.2. The molecule has 7 heteroatoms. The third-order valence-corrected chi connectivity index (χ3v) is 5.32. The number of nitrogens with zero attached hydrogens (tertiary/aromatic N) is 3. The fraction of sp³-hybridized carbons (Fsp3) is 0.714. The first kappa shape index (κ1) is 23.2. The quantitative estimate of drug-likeness (QED) is 0.340. The first-order valence-corrected chi connectivity index (χ1v) is 10.5. The molecular weight excluding hydrogens is 465 g/mol. The molecule has 2 heterocycles. The van der Waals surface area contributed by atoms with Crippen molar-refractivity contribution in [2.45, 2.75) is 77.6 Å². The summed E-state index contributed by atoms with van der Waals surface area (Å²) < 4.78 is 5.60. The Morgan fingerprint density at radius 2 is 2.07 bits per heavy atom. The largest absolute Gasteiger partial charge is 0.475 e. The van der Waals surface area contributed by atoms with Gasteiger partial charge >= 0.3 is 0 Å². The predicted octanol–water partition coefficient (Wildman–Crippen LogP) is 3.56. The molecule has 28 heavy (non-hydrogen) atoms. The number of pyridine rings is 1. The first-order chi connectivity index (χ1) is 13.1. The number of ether oxygens (including phenoxy) is 1. The average Bonchev–Trinajstić information content (AvgIpc) is 3.32. The molecular formula is C21H36IN5O. The Morgan fingerprint density at radius 3 is 2.71 bits per heavy atom. The van der Waals surface area contributed by atoms with Crippen LogP contribution in [-0.4, -0.2) is 53.7 Å². The van der Waals surface area contributed by atoms with E-state index in [0.29, 0.717) is 18.5 Å². The molecule has 1 aliphatic heterocycles. The molecule has 1 unspecified atom stereocenters. The fourth-order valence-electron chi connectivity index (χ4n) is 4.01. The van der Waals surface area contributed by atoms with Gasteiger partial charge in [-0.3, -0.25) is 4.90 Å². The van der Waals surface area contributed by atoms with Gasteiger partial charge in [-0.15, -0.1) is 24.0 Å². The Kier molecular flexibility index (Phi) is 9.77. The Morgan fingerprint density at radius 1 is 1.29 bits per heavy atom. The number of rotatable bonds is 7. The third-order valence-electron chi connectivity index (χ3n) is 5.32. The van der Waals surface area contributed by atoms with Crippen molar-refractivity contribution in [3.63, 3.8) is 0 Å². The SMILES string of the molecule is CCNC(=NCc1ccc(OC(C)C)nc1)NC1CCN(C2CCCC2)C1.I. The van der Waals surface area contributed by atoms with Gasteiger partial charge in [-0.1, -0.05) is 18.9 Å². The highest BCUT2D eigenvalue weighted by Gasteiger charge is 2.30. The number of hydrogen-bond acceptors (Lipinski definition) is 4. The average molecular weight is 501 g/mol. The molecule has 2 N–H and O–H groups in total. The van der Waals surface area contributed by atoms with Gasteiger partial charge < -0.3 is 15.4 Å². The van der Waals surface area contributed by atoms with Crippen LogP contribution in [-0.2, 0) is 6.54 Å². The molecule has 158 valence electrons. The van der Waals surface area contributed by atoms with Crippen molar-refractivity contribution in [3.8, 4) is 5.88 Å². The lowest BCUT2D eigenvalue weighted by Crippen LogP contribution is -2.45. The van der Waals surface area contributed by atoms with Crippen molar-refractivity contribution in [1.82, 2.24) is 20.5 Å². The fourth-order valence-corrected chi connectivity index (χ4v) is 4.01. The summed E-state index contributed by atoms with van der Waals surface area (Å²) in [7, 11) is 0. The molecule has 2 aliphatic rings. The maximum absolute atomic E-state index is 5.60. The van der Waals surface area contributed by atoms with E-state index in [1.54, 1.807) is 0 Å². The number of halogens is 1. The monoisotopic (exact) mass is 501 g/mol. The van der Waals surface area contributed by atoms with Crippen molar-refractivity contribution in [2.24, 2.45) is 4.99 Å². The molecule has 1 aromatic rings. The molecule has 3 rings (SSSR count). The molecule has 1 aliphatic carbocycles. The Labute approximate surface area is 186 Å². The van der Waals surface area contributed by atoms with E-state index in [0.717, 1.165) is 30.7 Å². The number of aliphatic imine (C=N–C) groups is 1. The molecule has 0 radical (unpaired) electrons. The lowest BCUT2D eigenvalue weighted by molar-refractivity contribution is 0.232. The van der Waals surface area contributed by atoms with Crippen LogP contribution >= 0.6 is 24.0 Å². The normalized spacial score (nSPS) is 21.0. The summed E-state index contributed by atoms with van der Waals surface area (Å²) in [5.41, 5.74) is 1.09. The van der Waals surface area contributed by atoms with Crippen molar-refractivity contribution in [2.75, 3.05) is 19.6 Å². The van der Waals surface area contributed by atoms with Crippen LogP contribution in [0, 0.1) is 0 Å². The zero-order valence-electron chi connectivity index (χ0n) is 17.5. The van der Waals surface area contributed by atoms with Crippen molar-refractivity contribution < 1.29 is 4.74 Å². The van der Waals surface area contributed by atoms with E-state index in [1.807, 2.05) is 32.2 Å². The van der Waals surface area contributed by atoms with E-state index in [2.05, 4.69) is 27.4 Å². The van der Waals surface area contributed by atoms with Gasteiger partial charge in [-0.2, -0.15) is 0 Å². The minimum absolute atomic E-state index is 0. The van der Waals surface area contributed by atoms with E-state index >= 15 is 0 Å². The molecule has 1 saturated heterocycles. The first-order valence-electron chi connectivity index (χ1n) is 10.5. The Balaban J connectivity index is 0.00000280. The summed E-state index contributed by atoms with van der Waals surface area (Å²) in [6, 6.07) is 5.26. The van der Waals surface area contributed by atoms with Gasteiger partial charge in [0.25, 0.3) is 0 Å². The summed E-state index contributed by atoms with van der Waals surface area (Å²) in [5, 5.41) is 7.01. The third kappa shape index (κ3) is 7.06. The van der Waals surface area contributed by atoms with E-state index in [1.165, 1.54) is 38.6 Å². The second-order valence-electron chi connectivity index (χ2n) is 7.93. The highest BCUT2D eigenvalue weighted by Crippen LogP contribution is 2.26. The minimum Gasteiger partial charge on any atom is -0.475 e. The Hall–Kier alpha value is -1.09. The van der Waals surface area contributed by atoms with Crippen molar-refractivity contribution >= 4 is 29.9 Å². The van der Waals surface area contributed by atoms with Crippen molar-refractivity contribution in [1.29, 1.82) is 0 Å². The zero-order chi connectivity index (χ0) is 19.1. The maximum Gasteiger partial charge on any atom is 0.213 e. The highest BCUT2D eigenvalue weighted by molar-refractivity contribution is 14.0. The van der Waals surface area contributed by atoms with Gasteiger partial charge in [0.05, 0.1) is 12.6 Å². The van der Waals surface area contributed by atoms with Crippen LogP contribution in [0.3, 0.4) is 0 Å². The van der Waals surface area contributed by atoms with Crippen LogP contribution in [0.15, 0.2) is 23.3 Å². The standard InChI is InChI=1S/C21H35N5O.HI/c1-4-22-21(24-14-17-9-10-20(23-13-17)27-16(2)3)25-18-11-12-26(15-18)19-7-5-6-8-19;/h9-10,13,16,18-19H,4-8,11-12,14-15H2,1-3H3,(H2,22,24,25);1H. The predicted molar refractivity (Wildman–Crippen MR) is 126 cm³/mol. The summed E-state index contributed by atoms with van der Waals surface area (Å²) in [5.74, 6) is 1.57. The van der Waals surface area contributed by atoms with Crippen LogP contribution in [0.5, 0.6) is 5.88 Å². The Bertz CT molecular complexity index is 601.